The normalized spacial score (nSPS) is 11.2. The third-order valence-corrected chi connectivity index (χ3v) is 5.32. The molecule has 0 bridgehead atoms. The summed E-state index contributed by atoms with van der Waals surface area (Å²) < 4.78 is 32.1. The van der Waals surface area contributed by atoms with Crippen LogP contribution in [0.25, 0.3) is 0 Å². The Bertz CT molecular complexity index is 865. The summed E-state index contributed by atoms with van der Waals surface area (Å²) in [6, 6.07) is 13.3. The van der Waals surface area contributed by atoms with E-state index in [-0.39, 0.29) is 22.9 Å². The number of amides is 1. The Hall–Kier alpha value is -2.42. The second-order valence-corrected chi connectivity index (χ2v) is 7.93. The highest BCUT2D eigenvalue weighted by Crippen LogP contribution is 2.17. The number of carbonyl (C=O) groups is 1. The summed E-state index contributed by atoms with van der Waals surface area (Å²) in [6.45, 7) is 0.738. The lowest BCUT2D eigenvalue weighted by atomic mass is 10.2. The topological polar surface area (TPSA) is 87.7 Å². The van der Waals surface area contributed by atoms with Crippen molar-refractivity contribution < 1.29 is 17.9 Å². The minimum absolute atomic E-state index is 0.0514. The Balaban J connectivity index is 2.08. The SMILES string of the molecule is COCCCNS(=O)(=O)c1cccc(C(=O)Nc2ccc(N(C)C)cc2)c1. The molecule has 146 valence electrons. The molecule has 1 amide bonds. The zero-order chi connectivity index (χ0) is 19.9. The first-order chi connectivity index (χ1) is 12.8. The molecule has 0 unspecified atom stereocenters. The van der Waals surface area contributed by atoms with Crippen LogP contribution >= 0.6 is 0 Å². The van der Waals surface area contributed by atoms with Crippen LogP contribution in [0.4, 0.5) is 11.4 Å². The van der Waals surface area contributed by atoms with Gasteiger partial charge in [0.2, 0.25) is 10.0 Å². The Morgan fingerprint density at radius 1 is 1.11 bits per heavy atom. The molecule has 0 atom stereocenters. The van der Waals surface area contributed by atoms with Gasteiger partial charge in [0, 0.05) is 51.3 Å². The Labute approximate surface area is 160 Å². The van der Waals surface area contributed by atoms with E-state index in [1.165, 1.54) is 12.1 Å². The van der Waals surface area contributed by atoms with Gasteiger partial charge in [-0.05, 0) is 48.9 Å². The molecule has 0 aromatic heterocycles. The van der Waals surface area contributed by atoms with Gasteiger partial charge in [0.05, 0.1) is 4.90 Å². The van der Waals surface area contributed by atoms with Crippen molar-refractivity contribution in [1.29, 1.82) is 0 Å². The van der Waals surface area contributed by atoms with Gasteiger partial charge in [-0.1, -0.05) is 6.07 Å². The molecule has 0 fully saturated rings. The molecule has 0 saturated heterocycles. The molecule has 0 aliphatic heterocycles. The quantitative estimate of drug-likeness (QED) is 0.641. The van der Waals surface area contributed by atoms with Crippen LogP contribution < -0.4 is 14.9 Å². The van der Waals surface area contributed by atoms with E-state index in [2.05, 4.69) is 10.0 Å². The number of rotatable bonds is 9. The standard InChI is InChI=1S/C19H25N3O4S/c1-22(2)17-10-8-16(9-11-17)21-19(23)15-6-4-7-18(14-15)27(24,25)20-12-5-13-26-3/h4,6-11,14,20H,5,12-13H2,1-3H3,(H,21,23). The van der Waals surface area contributed by atoms with Gasteiger partial charge in [-0.25, -0.2) is 13.1 Å². The Morgan fingerprint density at radius 2 is 1.81 bits per heavy atom. The van der Waals surface area contributed by atoms with E-state index >= 15 is 0 Å². The van der Waals surface area contributed by atoms with Crippen LogP contribution in [0.15, 0.2) is 53.4 Å². The first-order valence-corrected chi connectivity index (χ1v) is 9.99. The highest BCUT2D eigenvalue weighted by atomic mass is 32.2. The molecule has 0 aliphatic carbocycles. The largest absolute Gasteiger partial charge is 0.385 e. The molecule has 27 heavy (non-hydrogen) atoms. The first kappa shape index (κ1) is 20.9. The summed E-state index contributed by atoms with van der Waals surface area (Å²) in [4.78, 5) is 14.5. The molecule has 7 nitrogen and oxygen atoms in total. The van der Waals surface area contributed by atoms with Crippen LogP contribution in [0, 0.1) is 0 Å². The van der Waals surface area contributed by atoms with E-state index in [1.807, 2.05) is 31.1 Å². The zero-order valence-electron chi connectivity index (χ0n) is 15.7. The van der Waals surface area contributed by atoms with Gasteiger partial charge >= 0.3 is 0 Å². The second-order valence-electron chi connectivity index (χ2n) is 6.17. The number of hydrogen-bond acceptors (Lipinski definition) is 5. The monoisotopic (exact) mass is 391 g/mol. The number of hydrogen-bond donors (Lipinski definition) is 2. The summed E-state index contributed by atoms with van der Waals surface area (Å²) >= 11 is 0. The number of ether oxygens (including phenoxy) is 1. The molecule has 0 spiro atoms. The molecule has 2 rings (SSSR count). The van der Waals surface area contributed by atoms with E-state index in [0.717, 1.165) is 5.69 Å². The third-order valence-electron chi connectivity index (χ3n) is 3.87. The van der Waals surface area contributed by atoms with Crippen LogP contribution in [0.5, 0.6) is 0 Å². The number of carbonyl (C=O) groups excluding carboxylic acids is 1. The van der Waals surface area contributed by atoms with Gasteiger partial charge < -0.3 is 15.0 Å². The smallest absolute Gasteiger partial charge is 0.255 e. The van der Waals surface area contributed by atoms with E-state index in [0.29, 0.717) is 18.7 Å². The average Bonchev–Trinajstić information content (AvgIpc) is 2.66. The van der Waals surface area contributed by atoms with Gasteiger partial charge in [-0.3, -0.25) is 4.79 Å². The number of nitrogens with one attached hydrogen (secondary N) is 2. The maximum Gasteiger partial charge on any atom is 0.255 e. The summed E-state index contributed by atoms with van der Waals surface area (Å²) in [5, 5.41) is 2.77. The van der Waals surface area contributed by atoms with Crippen molar-refractivity contribution in [2.24, 2.45) is 0 Å². The summed E-state index contributed by atoms with van der Waals surface area (Å²) in [7, 11) is 1.75. The fourth-order valence-corrected chi connectivity index (χ4v) is 3.48. The van der Waals surface area contributed by atoms with Crippen molar-refractivity contribution in [3.63, 3.8) is 0 Å². The molecule has 2 aromatic carbocycles. The fraction of sp³-hybridized carbons (Fsp3) is 0.316. The van der Waals surface area contributed by atoms with E-state index in [1.54, 1.807) is 31.4 Å². The van der Waals surface area contributed by atoms with Crippen LogP contribution in [-0.4, -0.2) is 48.7 Å². The van der Waals surface area contributed by atoms with Gasteiger partial charge in [-0.2, -0.15) is 0 Å². The van der Waals surface area contributed by atoms with Crippen LogP contribution in [0.3, 0.4) is 0 Å². The molecule has 8 heteroatoms. The lowest BCUT2D eigenvalue weighted by Crippen LogP contribution is -2.26. The third kappa shape index (κ3) is 6.06. The van der Waals surface area contributed by atoms with Gasteiger partial charge in [0.15, 0.2) is 0 Å². The number of nitrogens with zero attached hydrogens (tertiary/aromatic N) is 1. The highest BCUT2D eigenvalue weighted by Gasteiger charge is 2.16. The van der Waals surface area contributed by atoms with Gasteiger partial charge in [-0.15, -0.1) is 0 Å². The molecule has 0 heterocycles. The molecule has 2 N–H and O–H groups in total. The number of sulfonamides is 1. The summed E-state index contributed by atoms with van der Waals surface area (Å²) in [5.41, 5.74) is 1.92. The Kier molecular flexibility index (Phi) is 7.35. The molecular weight excluding hydrogens is 366 g/mol. The molecule has 0 aliphatic rings. The maximum atomic E-state index is 12.5. The lowest BCUT2D eigenvalue weighted by Gasteiger charge is -2.13. The molecular formula is C19H25N3O4S. The average molecular weight is 391 g/mol. The fourth-order valence-electron chi connectivity index (χ4n) is 2.36. The summed E-state index contributed by atoms with van der Waals surface area (Å²) in [6.07, 6.45) is 0.568. The Morgan fingerprint density at radius 3 is 2.44 bits per heavy atom. The number of benzene rings is 2. The van der Waals surface area contributed by atoms with Crippen molar-refractivity contribution in [3.05, 3.63) is 54.1 Å². The van der Waals surface area contributed by atoms with Gasteiger partial charge in [0.25, 0.3) is 5.91 Å². The lowest BCUT2D eigenvalue weighted by molar-refractivity contribution is 0.102. The predicted molar refractivity (Wildman–Crippen MR) is 107 cm³/mol. The van der Waals surface area contributed by atoms with Crippen molar-refractivity contribution >= 4 is 27.3 Å². The highest BCUT2D eigenvalue weighted by molar-refractivity contribution is 7.89. The van der Waals surface area contributed by atoms with Crippen LogP contribution in [-0.2, 0) is 14.8 Å². The van der Waals surface area contributed by atoms with E-state index < -0.39 is 10.0 Å². The van der Waals surface area contributed by atoms with Crippen molar-refractivity contribution in [1.82, 2.24) is 4.72 Å². The van der Waals surface area contributed by atoms with Crippen LogP contribution in [0.2, 0.25) is 0 Å². The van der Waals surface area contributed by atoms with Crippen molar-refractivity contribution in [2.75, 3.05) is 44.6 Å². The van der Waals surface area contributed by atoms with Crippen molar-refractivity contribution in [2.45, 2.75) is 11.3 Å². The minimum atomic E-state index is -3.68. The maximum absolute atomic E-state index is 12.5. The summed E-state index contributed by atoms with van der Waals surface area (Å²) in [5.74, 6) is -0.371. The number of anilines is 2. The van der Waals surface area contributed by atoms with E-state index in [4.69, 9.17) is 4.74 Å². The molecule has 0 saturated carbocycles. The molecule has 0 radical (unpaired) electrons. The van der Waals surface area contributed by atoms with Gasteiger partial charge in [0.1, 0.15) is 0 Å². The van der Waals surface area contributed by atoms with E-state index in [9.17, 15) is 13.2 Å². The zero-order valence-corrected chi connectivity index (χ0v) is 16.5. The number of methoxy groups -OCH3 is 1. The first-order valence-electron chi connectivity index (χ1n) is 8.51. The second kappa shape index (κ2) is 9.50. The van der Waals surface area contributed by atoms with Crippen LogP contribution in [0.1, 0.15) is 16.8 Å². The minimum Gasteiger partial charge on any atom is -0.385 e. The van der Waals surface area contributed by atoms with Crippen molar-refractivity contribution in [3.8, 4) is 0 Å². The predicted octanol–water partition coefficient (Wildman–Crippen LogP) is 2.32. The molecule has 2 aromatic rings.